The van der Waals surface area contributed by atoms with Crippen LogP contribution in [0.5, 0.6) is 0 Å². The lowest BCUT2D eigenvalue weighted by atomic mass is 9.77. The maximum absolute atomic E-state index is 16.4. The number of nitrogens with one attached hydrogen (secondary N) is 2. The first-order valence-electron chi connectivity index (χ1n) is 24.2. The van der Waals surface area contributed by atoms with Crippen molar-refractivity contribution in [3.05, 3.63) is 139 Å². The van der Waals surface area contributed by atoms with Gasteiger partial charge in [-0.1, -0.05) is 18.1 Å². The van der Waals surface area contributed by atoms with Gasteiger partial charge in [-0.2, -0.15) is 10.2 Å². The van der Waals surface area contributed by atoms with E-state index in [1.54, 1.807) is 60.7 Å². The van der Waals surface area contributed by atoms with Crippen molar-refractivity contribution >= 4 is 27.7 Å². The van der Waals surface area contributed by atoms with Crippen LogP contribution in [0.25, 0.3) is 39.0 Å². The fourth-order valence-corrected chi connectivity index (χ4v) is 12.5. The van der Waals surface area contributed by atoms with E-state index in [-0.39, 0.29) is 40.2 Å². The molecule has 0 bridgehead atoms. The number of aromatic amines is 1. The number of carbonyl (C=O) groups is 1. The second kappa shape index (κ2) is 15.5. The SMILES string of the molecule is Cc1cc(-n2nc3c(c2-n2ccn(-c4ccc5c(cnn5C)c4F)c2=O)[C@H](C)N(C(=O)c2cc4cc([C@H]5CCOC(C)(C)C5)ccc4n2[C@@]2(c4noc(=O)[nH]4)C[C@@H]2C)C2(CCCNC2)C3)cc(C)c1F. The van der Waals surface area contributed by atoms with Gasteiger partial charge in [0, 0.05) is 55.5 Å². The average Bonchev–Trinajstić information content (AvgIpc) is 3.96. The largest absolute Gasteiger partial charge is 0.438 e. The minimum Gasteiger partial charge on any atom is -0.376 e. The van der Waals surface area contributed by atoms with Crippen LogP contribution in [0.4, 0.5) is 8.78 Å². The molecule has 1 amide bonds. The van der Waals surface area contributed by atoms with E-state index in [9.17, 15) is 9.59 Å². The highest BCUT2D eigenvalue weighted by molar-refractivity contribution is 6.00. The number of nitrogens with zero attached hydrogens (tertiary/aromatic N) is 9. The van der Waals surface area contributed by atoms with Crippen LogP contribution in [0.3, 0.4) is 0 Å². The Morgan fingerprint density at radius 3 is 2.40 bits per heavy atom. The third-order valence-corrected chi connectivity index (χ3v) is 16.0. The topological polar surface area (TPSA) is 168 Å². The van der Waals surface area contributed by atoms with Crippen LogP contribution in [0.2, 0.25) is 0 Å². The second-order valence-corrected chi connectivity index (χ2v) is 20.9. The van der Waals surface area contributed by atoms with Crippen LogP contribution in [0, 0.1) is 31.4 Å². The Morgan fingerprint density at radius 2 is 1.70 bits per heavy atom. The minimum atomic E-state index is -0.887. The summed E-state index contributed by atoms with van der Waals surface area (Å²) in [7, 11) is 1.73. The van der Waals surface area contributed by atoms with E-state index >= 15 is 13.6 Å². The third-order valence-electron chi connectivity index (χ3n) is 16.0. The lowest BCUT2D eigenvalue weighted by Crippen LogP contribution is -2.63. The number of imidazole rings is 1. The van der Waals surface area contributed by atoms with Crippen LogP contribution in [-0.2, 0) is 23.7 Å². The van der Waals surface area contributed by atoms with Gasteiger partial charge in [0.2, 0.25) is 0 Å². The number of piperidine rings is 1. The Labute approximate surface area is 400 Å². The van der Waals surface area contributed by atoms with Gasteiger partial charge in [0.05, 0.1) is 51.4 Å². The van der Waals surface area contributed by atoms with Gasteiger partial charge in [-0.15, -0.1) is 0 Å². The molecule has 362 valence electrons. The molecule has 70 heavy (non-hydrogen) atoms. The number of H-pyrrole nitrogens is 1. The number of rotatable bonds is 7. The number of benzene rings is 3. The minimum absolute atomic E-state index is 0.0193. The number of aryl methyl sites for hydroxylation is 3. The molecular weight excluding hydrogens is 897 g/mol. The summed E-state index contributed by atoms with van der Waals surface area (Å²) in [6, 6.07) is 14.4. The molecule has 8 heterocycles. The molecule has 4 aliphatic rings. The van der Waals surface area contributed by atoms with Gasteiger partial charge in [0.1, 0.15) is 22.9 Å². The van der Waals surface area contributed by atoms with Crippen LogP contribution in [0.15, 0.2) is 81.2 Å². The molecular formula is C52H55F2N11O5. The summed E-state index contributed by atoms with van der Waals surface area (Å²) < 4.78 is 50.9. The van der Waals surface area contributed by atoms with Gasteiger partial charge in [-0.3, -0.25) is 28.1 Å². The Kier molecular flexibility index (Phi) is 9.83. The van der Waals surface area contributed by atoms with E-state index in [0.29, 0.717) is 83.3 Å². The van der Waals surface area contributed by atoms with Crippen molar-refractivity contribution in [1.29, 1.82) is 0 Å². The van der Waals surface area contributed by atoms with Gasteiger partial charge in [-0.25, -0.2) is 23.1 Å². The summed E-state index contributed by atoms with van der Waals surface area (Å²) in [5.41, 5.74) is 3.19. The summed E-state index contributed by atoms with van der Waals surface area (Å²) >= 11 is 0. The zero-order chi connectivity index (χ0) is 48.8. The standard InChI is InChI=1S/C52H55F2N11O5/c1-28-19-35(20-29(2)43(28)53)65-45(62-17-16-61(49(62)68)40-12-11-39-36(44(40)54)26-56-60(39)7)42-31(4)63(51(25-37(42)58-65)14-8-15-55-27-51)46(66)41-22-34-21-32(33-13-18-69-50(5,6)24-33)9-10-38(34)64(41)52(23-30(52)3)47-57-48(67)70-59-47/h9-12,16-17,19-22,26,30-31,33,55H,8,13-15,18,23-25,27H2,1-7H3,(H,57,59,67)/t30-,31-,33-,51?,52-/m0/s1. The van der Waals surface area contributed by atoms with Crippen molar-refractivity contribution in [2.45, 2.75) is 109 Å². The van der Waals surface area contributed by atoms with E-state index in [4.69, 9.17) is 14.4 Å². The molecule has 5 aromatic heterocycles. The molecule has 12 rings (SSSR count). The molecule has 2 saturated heterocycles. The van der Waals surface area contributed by atoms with Gasteiger partial charge in [0.25, 0.3) is 5.91 Å². The molecule has 3 fully saturated rings. The van der Waals surface area contributed by atoms with Crippen LogP contribution >= 0.6 is 0 Å². The maximum atomic E-state index is 16.4. The van der Waals surface area contributed by atoms with Gasteiger partial charge >= 0.3 is 11.4 Å². The molecule has 1 aliphatic carbocycles. The predicted octanol–water partition coefficient (Wildman–Crippen LogP) is 7.56. The van der Waals surface area contributed by atoms with Crippen molar-refractivity contribution in [3.63, 3.8) is 0 Å². The number of fused-ring (bicyclic) bond motifs is 3. The summed E-state index contributed by atoms with van der Waals surface area (Å²) in [6.07, 6.45) is 8.67. The van der Waals surface area contributed by atoms with Crippen LogP contribution < -0.4 is 16.8 Å². The quantitative estimate of drug-likeness (QED) is 0.164. The van der Waals surface area contributed by atoms with Crippen LogP contribution in [-0.4, -0.2) is 85.0 Å². The first kappa shape index (κ1) is 44.3. The molecule has 3 aromatic carbocycles. The maximum Gasteiger partial charge on any atom is 0.438 e. The molecule has 3 aliphatic heterocycles. The Bertz CT molecular complexity index is 3560. The summed E-state index contributed by atoms with van der Waals surface area (Å²) in [6.45, 7) is 13.6. The third kappa shape index (κ3) is 6.51. The molecule has 16 nitrogen and oxygen atoms in total. The molecule has 1 unspecified atom stereocenters. The first-order valence-corrected chi connectivity index (χ1v) is 24.2. The molecule has 2 N–H and O–H groups in total. The zero-order valence-corrected chi connectivity index (χ0v) is 40.3. The van der Waals surface area contributed by atoms with Crippen molar-refractivity contribution in [1.82, 2.24) is 53.6 Å². The highest BCUT2D eigenvalue weighted by Crippen LogP contribution is 2.56. The normalized spacial score (nSPS) is 24.2. The summed E-state index contributed by atoms with van der Waals surface area (Å²) in [4.78, 5) is 48.8. The second-order valence-electron chi connectivity index (χ2n) is 20.9. The summed E-state index contributed by atoms with van der Waals surface area (Å²) in [5, 5.41) is 18.5. The highest BCUT2D eigenvalue weighted by Gasteiger charge is 2.60. The molecule has 1 spiro atoms. The van der Waals surface area contributed by atoms with Crippen molar-refractivity contribution in [3.8, 4) is 17.2 Å². The van der Waals surface area contributed by atoms with Gasteiger partial charge in [0.15, 0.2) is 11.6 Å². The van der Waals surface area contributed by atoms with E-state index in [1.165, 1.54) is 21.5 Å². The number of aromatic nitrogens is 9. The zero-order valence-electron chi connectivity index (χ0n) is 40.3. The molecule has 18 heteroatoms. The fraction of sp³-hybridized carbons (Fsp3) is 0.423. The van der Waals surface area contributed by atoms with Crippen molar-refractivity contribution in [2.24, 2.45) is 13.0 Å². The summed E-state index contributed by atoms with van der Waals surface area (Å²) in [5.74, 6) is -0.911. The number of carbonyl (C=O) groups excluding carboxylic acids is 1. The van der Waals surface area contributed by atoms with Crippen molar-refractivity contribution in [2.75, 3.05) is 19.7 Å². The lowest BCUT2D eigenvalue weighted by molar-refractivity contribution is -0.0592. The predicted molar refractivity (Wildman–Crippen MR) is 257 cm³/mol. The number of hydrogen-bond donors (Lipinski definition) is 2. The van der Waals surface area contributed by atoms with Gasteiger partial charge < -0.3 is 19.5 Å². The Hall–Kier alpha value is -6.92. The Balaban J connectivity index is 1.06. The van der Waals surface area contributed by atoms with E-state index in [1.807, 2.05) is 17.9 Å². The average molecular weight is 952 g/mol. The van der Waals surface area contributed by atoms with E-state index in [2.05, 4.69) is 64.1 Å². The molecule has 8 aromatic rings. The molecule has 5 atom stereocenters. The highest BCUT2D eigenvalue weighted by atomic mass is 19.1. The molecule has 0 radical (unpaired) electrons. The number of ether oxygens (including phenoxy) is 1. The van der Waals surface area contributed by atoms with E-state index in [0.717, 1.165) is 42.3 Å². The number of halogens is 2. The number of hydrogen-bond acceptors (Lipinski definition) is 9. The van der Waals surface area contributed by atoms with Crippen molar-refractivity contribution < 1.29 is 22.8 Å². The first-order chi connectivity index (χ1) is 33.5. The van der Waals surface area contributed by atoms with E-state index < -0.39 is 34.4 Å². The van der Waals surface area contributed by atoms with Gasteiger partial charge in [-0.05, 0) is 144 Å². The monoisotopic (exact) mass is 951 g/mol. The Morgan fingerprint density at radius 1 is 0.943 bits per heavy atom. The van der Waals surface area contributed by atoms with Crippen LogP contribution in [0.1, 0.15) is 116 Å². The number of amides is 1. The lowest BCUT2D eigenvalue weighted by Gasteiger charge is -2.52. The molecule has 1 saturated carbocycles. The smallest absolute Gasteiger partial charge is 0.376 e. The fourth-order valence-electron chi connectivity index (χ4n) is 12.5.